The van der Waals surface area contributed by atoms with Crippen LogP contribution in [0.2, 0.25) is 0 Å². The minimum Gasteiger partial charge on any atom is -0.493 e. The van der Waals surface area contributed by atoms with Crippen LogP contribution in [0.5, 0.6) is 5.75 Å². The molecule has 4 rings (SSSR count). The molecular weight excluding hydrogens is 400 g/mol. The average molecular weight is 433 g/mol. The van der Waals surface area contributed by atoms with Gasteiger partial charge in [-0.05, 0) is 44.2 Å². The van der Waals surface area contributed by atoms with Gasteiger partial charge in [-0.15, -0.1) is 10.2 Å². The minimum atomic E-state index is 0.102. The summed E-state index contributed by atoms with van der Waals surface area (Å²) < 4.78 is 8.04. The normalized spacial score (nSPS) is 14.8. The fourth-order valence-electron chi connectivity index (χ4n) is 3.38. The van der Waals surface area contributed by atoms with Gasteiger partial charge >= 0.3 is 0 Å². The second-order valence-corrected chi connectivity index (χ2v) is 8.38. The van der Waals surface area contributed by atoms with Gasteiger partial charge in [-0.3, -0.25) is 0 Å². The van der Waals surface area contributed by atoms with Crippen LogP contribution in [0.1, 0.15) is 48.6 Å². The van der Waals surface area contributed by atoms with Crippen molar-refractivity contribution >= 4 is 5.96 Å². The van der Waals surface area contributed by atoms with E-state index in [4.69, 9.17) is 9.73 Å². The highest BCUT2D eigenvalue weighted by atomic mass is 16.5. The number of hydrogen-bond acceptors (Lipinski definition) is 4. The molecule has 32 heavy (non-hydrogen) atoms. The Morgan fingerprint density at radius 1 is 1.12 bits per heavy atom. The highest BCUT2D eigenvalue weighted by molar-refractivity contribution is 5.80. The number of hydrogen-bond donors (Lipinski definition) is 2. The Morgan fingerprint density at radius 3 is 2.59 bits per heavy atom. The summed E-state index contributed by atoms with van der Waals surface area (Å²) in [5.41, 5.74) is 2.28. The van der Waals surface area contributed by atoms with E-state index in [1.807, 2.05) is 54.9 Å². The van der Waals surface area contributed by atoms with E-state index in [-0.39, 0.29) is 6.04 Å². The third kappa shape index (κ3) is 5.87. The maximum Gasteiger partial charge on any atom is 0.192 e. The Bertz CT molecular complexity index is 1040. The van der Waals surface area contributed by atoms with Crippen molar-refractivity contribution in [1.29, 1.82) is 0 Å². The number of rotatable bonds is 9. The monoisotopic (exact) mass is 432 g/mol. The molecule has 168 valence electrons. The van der Waals surface area contributed by atoms with Crippen LogP contribution in [-0.2, 0) is 20.1 Å². The van der Waals surface area contributed by atoms with Crippen LogP contribution < -0.4 is 15.4 Å². The highest BCUT2D eigenvalue weighted by Gasteiger charge is 2.22. The third-order valence-electron chi connectivity index (χ3n) is 5.80. The van der Waals surface area contributed by atoms with Crippen molar-refractivity contribution in [3.8, 4) is 5.75 Å². The lowest BCUT2D eigenvalue weighted by molar-refractivity contribution is 0.297. The van der Waals surface area contributed by atoms with E-state index in [0.29, 0.717) is 19.0 Å². The minimum absolute atomic E-state index is 0.102. The molecule has 1 fully saturated rings. The van der Waals surface area contributed by atoms with Gasteiger partial charge in [0.1, 0.15) is 11.6 Å². The first-order valence-corrected chi connectivity index (χ1v) is 11.3. The van der Waals surface area contributed by atoms with E-state index in [0.717, 1.165) is 35.5 Å². The van der Waals surface area contributed by atoms with E-state index in [9.17, 15) is 0 Å². The molecular formula is C25H32N6O. The summed E-state index contributed by atoms with van der Waals surface area (Å²) in [6.45, 7) is 5.92. The molecule has 0 spiro atoms. The molecule has 1 unspecified atom stereocenters. The van der Waals surface area contributed by atoms with Crippen LogP contribution in [-0.4, -0.2) is 27.3 Å². The van der Waals surface area contributed by atoms with Gasteiger partial charge < -0.3 is 19.9 Å². The SMILES string of the molecule is Cc1nnc(CNC(=NCc2ccccc2OCC2CC2)NC(C)c2ccccc2)n1C. The Morgan fingerprint density at radius 2 is 1.88 bits per heavy atom. The first-order valence-electron chi connectivity index (χ1n) is 11.3. The Kier molecular flexibility index (Phi) is 7.04. The molecule has 1 aliphatic carbocycles. The maximum atomic E-state index is 6.06. The first kappa shape index (κ1) is 21.9. The summed E-state index contributed by atoms with van der Waals surface area (Å²) in [7, 11) is 1.97. The van der Waals surface area contributed by atoms with Gasteiger partial charge in [-0.1, -0.05) is 48.5 Å². The van der Waals surface area contributed by atoms with Gasteiger partial charge in [0, 0.05) is 12.6 Å². The molecule has 0 aliphatic heterocycles. The molecule has 2 aromatic carbocycles. The van der Waals surface area contributed by atoms with Crippen LogP contribution in [0, 0.1) is 12.8 Å². The van der Waals surface area contributed by atoms with E-state index in [1.54, 1.807) is 0 Å². The second-order valence-electron chi connectivity index (χ2n) is 8.38. The summed E-state index contributed by atoms with van der Waals surface area (Å²) in [4.78, 5) is 4.87. The summed E-state index contributed by atoms with van der Waals surface area (Å²) in [6.07, 6.45) is 2.55. The average Bonchev–Trinajstić information content (AvgIpc) is 3.60. The van der Waals surface area contributed by atoms with Gasteiger partial charge in [-0.2, -0.15) is 0 Å². The van der Waals surface area contributed by atoms with Gasteiger partial charge in [0.15, 0.2) is 11.8 Å². The first-order chi connectivity index (χ1) is 15.6. The zero-order valence-corrected chi connectivity index (χ0v) is 19.1. The van der Waals surface area contributed by atoms with Crippen LogP contribution in [0.4, 0.5) is 0 Å². The van der Waals surface area contributed by atoms with E-state index >= 15 is 0 Å². The number of aromatic nitrogens is 3. The van der Waals surface area contributed by atoms with E-state index < -0.39 is 0 Å². The van der Waals surface area contributed by atoms with Crippen molar-refractivity contribution in [2.75, 3.05) is 6.61 Å². The van der Waals surface area contributed by atoms with Crippen molar-refractivity contribution in [1.82, 2.24) is 25.4 Å². The van der Waals surface area contributed by atoms with Crippen molar-refractivity contribution in [2.24, 2.45) is 18.0 Å². The Labute approximate surface area is 189 Å². The molecule has 1 aromatic heterocycles. The quantitative estimate of drug-likeness (QED) is 0.396. The molecule has 3 aromatic rings. The molecule has 1 atom stereocenters. The van der Waals surface area contributed by atoms with Crippen molar-refractivity contribution in [3.05, 3.63) is 77.4 Å². The summed E-state index contributed by atoms with van der Waals surface area (Å²) in [5, 5.41) is 15.3. The number of aryl methyl sites for hydroxylation is 1. The molecule has 1 heterocycles. The maximum absolute atomic E-state index is 6.06. The molecule has 7 heteroatoms. The Hall–Kier alpha value is -3.35. The molecule has 0 amide bonds. The predicted molar refractivity (Wildman–Crippen MR) is 126 cm³/mol. The summed E-state index contributed by atoms with van der Waals surface area (Å²) in [5.74, 6) is 4.10. The van der Waals surface area contributed by atoms with Crippen LogP contribution >= 0.6 is 0 Å². The lowest BCUT2D eigenvalue weighted by Gasteiger charge is -2.19. The van der Waals surface area contributed by atoms with Gasteiger partial charge in [0.2, 0.25) is 0 Å². The Balaban J connectivity index is 1.48. The number of nitrogens with one attached hydrogen (secondary N) is 2. The molecule has 1 aliphatic rings. The largest absolute Gasteiger partial charge is 0.493 e. The number of aliphatic imine (C=N–C) groups is 1. The summed E-state index contributed by atoms with van der Waals surface area (Å²) in [6, 6.07) is 18.6. The van der Waals surface area contributed by atoms with Crippen LogP contribution in [0.25, 0.3) is 0 Å². The highest BCUT2D eigenvalue weighted by Crippen LogP contribution is 2.30. The topological polar surface area (TPSA) is 76.4 Å². The molecule has 0 bridgehead atoms. The van der Waals surface area contributed by atoms with Crippen molar-refractivity contribution < 1.29 is 4.74 Å². The smallest absolute Gasteiger partial charge is 0.192 e. The van der Waals surface area contributed by atoms with E-state index in [1.165, 1.54) is 18.4 Å². The number of para-hydroxylation sites is 1. The fourth-order valence-corrected chi connectivity index (χ4v) is 3.38. The number of benzene rings is 2. The van der Waals surface area contributed by atoms with Gasteiger partial charge in [0.05, 0.1) is 25.7 Å². The zero-order chi connectivity index (χ0) is 22.3. The summed E-state index contributed by atoms with van der Waals surface area (Å²) >= 11 is 0. The second kappa shape index (κ2) is 10.3. The van der Waals surface area contributed by atoms with Crippen molar-refractivity contribution in [3.63, 3.8) is 0 Å². The third-order valence-corrected chi connectivity index (χ3v) is 5.80. The standard InChI is InChI=1S/C25H32N6O/c1-18(21-9-5-4-6-10-21)28-25(27-16-24-30-29-19(2)31(24)3)26-15-22-11-7-8-12-23(22)32-17-20-13-14-20/h4-12,18,20H,13-17H2,1-3H3,(H2,26,27,28). The molecule has 2 N–H and O–H groups in total. The van der Waals surface area contributed by atoms with Gasteiger partial charge in [-0.25, -0.2) is 4.99 Å². The predicted octanol–water partition coefficient (Wildman–Crippen LogP) is 3.91. The molecule has 1 saturated carbocycles. The number of nitrogens with zero attached hydrogens (tertiary/aromatic N) is 4. The lowest BCUT2D eigenvalue weighted by atomic mass is 10.1. The number of ether oxygens (including phenoxy) is 1. The lowest BCUT2D eigenvalue weighted by Crippen LogP contribution is -2.39. The molecule has 7 nitrogen and oxygen atoms in total. The van der Waals surface area contributed by atoms with Crippen molar-refractivity contribution in [2.45, 2.75) is 45.8 Å². The van der Waals surface area contributed by atoms with Crippen LogP contribution in [0.15, 0.2) is 59.6 Å². The van der Waals surface area contributed by atoms with Crippen LogP contribution in [0.3, 0.4) is 0 Å². The number of guanidine groups is 1. The van der Waals surface area contributed by atoms with E-state index in [2.05, 4.69) is 46.0 Å². The fraction of sp³-hybridized carbons (Fsp3) is 0.400. The molecule has 0 saturated heterocycles. The van der Waals surface area contributed by atoms with Gasteiger partial charge in [0.25, 0.3) is 0 Å². The zero-order valence-electron chi connectivity index (χ0n) is 19.1. The molecule has 0 radical (unpaired) electrons.